The highest BCUT2D eigenvalue weighted by atomic mass is 32.2. The lowest BCUT2D eigenvalue weighted by Crippen LogP contribution is -2.47. The predicted molar refractivity (Wildman–Crippen MR) is 115 cm³/mol. The first-order chi connectivity index (χ1) is 13.3. The molecule has 0 radical (unpaired) electrons. The molecule has 6 nitrogen and oxygen atoms in total. The molecule has 8 heteroatoms. The van der Waals surface area contributed by atoms with Crippen molar-refractivity contribution >= 4 is 46.3 Å². The fourth-order valence-electron chi connectivity index (χ4n) is 2.78. The van der Waals surface area contributed by atoms with Crippen molar-refractivity contribution in [1.29, 1.82) is 0 Å². The van der Waals surface area contributed by atoms with Crippen molar-refractivity contribution in [3.63, 3.8) is 0 Å². The van der Waals surface area contributed by atoms with Gasteiger partial charge in [-0.1, -0.05) is 50.8 Å². The molecule has 1 aliphatic heterocycles. The number of aliphatic carboxylic acids is 1. The number of rotatable bonds is 9. The predicted octanol–water partition coefficient (Wildman–Crippen LogP) is 4.18. The van der Waals surface area contributed by atoms with Gasteiger partial charge in [0.2, 0.25) is 0 Å². The number of carbonyl (C=O) groups excluding carboxylic acids is 1. The average molecular weight is 424 g/mol. The maximum absolute atomic E-state index is 12.8. The van der Waals surface area contributed by atoms with Crippen molar-refractivity contribution in [2.75, 3.05) is 13.2 Å². The minimum absolute atomic E-state index is 0.255. The number of nitrogens with zero attached hydrogens (tertiary/aromatic N) is 1. The van der Waals surface area contributed by atoms with Crippen LogP contribution < -0.4 is 9.47 Å². The first-order valence-corrected chi connectivity index (χ1v) is 10.4. The Bertz CT molecular complexity index is 791. The quantitative estimate of drug-likeness (QED) is 0.471. The molecular formula is C20H25NO5S2. The van der Waals surface area contributed by atoms with E-state index in [1.165, 1.54) is 4.90 Å². The zero-order valence-corrected chi connectivity index (χ0v) is 18.1. The van der Waals surface area contributed by atoms with Crippen LogP contribution in [0.1, 0.15) is 39.7 Å². The van der Waals surface area contributed by atoms with Crippen LogP contribution in [0.3, 0.4) is 0 Å². The molecule has 1 saturated heterocycles. The van der Waals surface area contributed by atoms with Crippen LogP contribution in [-0.4, -0.2) is 45.5 Å². The summed E-state index contributed by atoms with van der Waals surface area (Å²) >= 11 is 6.39. The molecule has 1 heterocycles. The van der Waals surface area contributed by atoms with Gasteiger partial charge in [-0.2, -0.15) is 0 Å². The molecule has 2 rings (SSSR count). The minimum Gasteiger partial charge on any atom is -0.490 e. The van der Waals surface area contributed by atoms with Gasteiger partial charge in [-0.25, -0.2) is 4.79 Å². The summed E-state index contributed by atoms with van der Waals surface area (Å²) in [6.07, 6.45) is 2.58. The van der Waals surface area contributed by atoms with E-state index in [0.717, 1.165) is 23.7 Å². The van der Waals surface area contributed by atoms with E-state index in [1.54, 1.807) is 32.1 Å². The van der Waals surface area contributed by atoms with Gasteiger partial charge in [-0.3, -0.25) is 9.69 Å². The summed E-state index contributed by atoms with van der Waals surface area (Å²) in [5, 5.41) is 9.50. The fourth-order valence-corrected chi connectivity index (χ4v) is 4.11. The maximum Gasteiger partial charge on any atom is 0.327 e. The monoisotopic (exact) mass is 423 g/mol. The number of carboxylic acid groups (broad SMARTS) is 1. The fraction of sp³-hybridized carbons (Fsp3) is 0.450. The van der Waals surface area contributed by atoms with Crippen LogP contribution in [0.15, 0.2) is 23.1 Å². The Morgan fingerprint density at radius 3 is 2.57 bits per heavy atom. The number of carboxylic acids is 1. The summed E-state index contributed by atoms with van der Waals surface area (Å²) in [5.74, 6) is -0.465. The lowest BCUT2D eigenvalue weighted by molar-refractivity contribution is -0.146. The van der Waals surface area contributed by atoms with Crippen molar-refractivity contribution in [3.05, 3.63) is 28.7 Å². The molecule has 152 valence electrons. The largest absolute Gasteiger partial charge is 0.490 e. The Labute approximate surface area is 174 Å². The lowest BCUT2D eigenvalue weighted by Gasteiger charge is -2.26. The van der Waals surface area contributed by atoms with E-state index in [1.807, 2.05) is 19.9 Å². The molecule has 0 aromatic heterocycles. The maximum atomic E-state index is 12.8. The minimum atomic E-state index is -1.07. The van der Waals surface area contributed by atoms with E-state index >= 15 is 0 Å². The Kier molecular flexibility index (Phi) is 7.88. The molecule has 1 fully saturated rings. The van der Waals surface area contributed by atoms with Crippen LogP contribution >= 0.6 is 24.0 Å². The molecule has 1 N–H and O–H groups in total. The molecule has 1 aromatic carbocycles. The molecule has 1 amide bonds. The number of hydrogen-bond donors (Lipinski definition) is 1. The van der Waals surface area contributed by atoms with Crippen molar-refractivity contribution in [1.82, 2.24) is 4.90 Å². The topological polar surface area (TPSA) is 76.1 Å². The van der Waals surface area contributed by atoms with Crippen LogP contribution in [0.2, 0.25) is 0 Å². The smallest absolute Gasteiger partial charge is 0.327 e. The van der Waals surface area contributed by atoms with E-state index in [0.29, 0.717) is 29.6 Å². The number of ether oxygens (including phenoxy) is 2. The highest BCUT2D eigenvalue weighted by molar-refractivity contribution is 8.26. The van der Waals surface area contributed by atoms with Gasteiger partial charge in [0.1, 0.15) is 10.4 Å². The van der Waals surface area contributed by atoms with Crippen molar-refractivity contribution in [2.24, 2.45) is 5.92 Å². The molecule has 1 atom stereocenters. The second-order valence-electron chi connectivity index (χ2n) is 6.57. The first-order valence-electron chi connectivity index (χ1n) is 9.19. The molecule has 28 heavy (non-hydrogen) atoms. The van der Waals surface area contributed by atoms with Crippen molar-refractivity contribution in [3.8, 4) is 11.5 Å². The Balaban J connectivity index is 2.32. The van der Waals surface area contributed by atoms with E-state index in [4.69, 9.17) is 21.7 Å². The van der Waals surface area contributed by atoms with E-state index < -0.39 is 12.0 Å². The van der Waals surface area contributed by atoms with E-state index in [9.17, 15) is 14.7 Å². The number of benzene rings is 1. The molecular weight excluding hydrogens is 398 g/mol. The lowest BCUT2D eigenvalue weighted by atomic mass is 10.0. The summed E-state index contributed by atoms with van der Waals surface area (Å²) in [6.45, 7) is 8.50. The highest BCUT2D eigenvalue weighted by Gasteiger charge is 2.41. The van der Waals surface area contributed by atoms with Crippen LogP contribution in [-0.2, 0) is 9.59 Å². The van der Waals surface area contributed by atoms with E-state index in [2.05, 4.69) is 0 Å². The van der Waals surface area contributed by atoms with Gasteiger partial charge in [0.05, 0.1) is 18.1 Å². The zero-order chi connectivity index (χ0) is 20.8. The Hall–Kier alpha value is -2.06. The summed E-state index contributed by atoms with van der Waals surface area (Å²) in [5.41, 5.74) is 0.754. The molecule has 1 aliphatic rings. The van der Waals surface area contributed by atoms with Gasteiger partial charge in [0.25, 0.3) is 5.91 Å². The summed E-state index contributed by atoms with van der Waals surface area (Å²) in [6, 6.07) is 4.46. The normalized spacial score (nSPS) is 16.8. The summed E-state index contributed by atoms with van der Waals surface area (Å²) in [7, 11) is 0. The molecule has 0 unspecified atom stereocenters. The van der Waals surface area contributed by atoms with Crippen LogP contribution in [0.4, 0.5) is 0 Å². The van der Waals surface area contributed by atoms with E-state index in [-0.39, 0.29) is 16.1 Å². The SMILES string of the molecule is CCCOc1ccc(/C=C2\SC(=S)N([C@@H](C(=O)O)C(C)C)C2=O)cc1OCC. The van der Waals surface area contributed by atoms with Gasteiger partial charge in [-0.05, 0) is 43.0 Å². The second kappa shape index (κ2) is 9.93. The van der Waals surface area contributed by atoms with Crippen molar-refractivity contribution in [2.45, 2.75) is 40.2 Å². The van der Waals surface area contributed by atoms with Gasteiger partial charge >= 0.3 is 5.97 Å². The van der Waals surface area contributed by atoms with Crippen LogP contribution in [0.25, 0.3) is 6.08 Å². The molecule has 0 saturated carbocycles. The van der Waals surface area contributed by atoms with Gasteiger partial charge in [0.15, 0.2) is 11.5 Å². The van der Waals surface area contributed by atoms with Gasteiger partial charge in [-0.15, -0.1) is 0 Å². The second-order valence-corrected chi connectivity index (χ2v) is 8.24. The molecule has 0 spiro atoms. The molecule has 0 bridgehead atoms. The van der Waals surface area contributed by atoms with Gasteiger partial charge < -0.3 is 14.6 Å². The van der Waals surface area contributed by atoms with Crippen LogP contribution in [0, 0.1) is 5.92 Å². The first kappa shape index (κ1) is 22.2. The third kappa shape index (κ3) is 5.05. The average Bonchev–Trinajstić information content (AvgIpc) is 2.89. The summed E-state index contributed by atoms with van der Waals surface area (Å²) in [4.78, 5) is 26.0. The van der Waals surface area contributed by atoms with Crippen LogP contribution in [0.5, 0.6) is 11.5 Å². The molecule has 0 aliphatic carbocycles. The Morgan fingerprint density at radius 2 is 2.00 bits per heavy atom. The number of amides is 1. The number of thiocarbonyl (C=S) groups is 1. The zero-order valence-electron chi connectivity index (χ0n) is 16.4. The number of carbonyl (C=O) groups is 2. The third-order valence-electron chi connectivity index (χ3n) is 4.01. The van der Waals surface area contributed by atoms with Gasteiger partial charge in [0, 0.05) is 0 Å². The summed E-state index contributed by atoms with van der Waals surface area (Å²) < 4.78 is 11.6. The molecule has 1 aromatic rings. The Morgan fingerprint density at radius 1 is 1.29 bits per heavy atom. The number of thioether (sulfide) groups is 1. The third-order valence-corrected chi connectivity index (χ3v) is 5.34. The standard InChI is InChI=1S/C20H25NO5S2/c1-5-9-26-14-8-7-13(10-15(14)25-6-2)11-16-18(22)21(20(27)28-16)17(12(3)4)19(23)24/h7-8,10-12,17H,5-6,9H2,1-4H3,(H,23,24)/b16-11-/t17-/m1/s1. The number of hydrogen-bond acceptors (Lipinski definition) is 6. The highest BCUT2D eigenvalue weighted by Crippen LogP contribution is 2.37. The van der Waals surface area contributed by atoms with Crippen molar-refractivity contribution < 1.29 is 24.2 Å².